The number of hydrogen-bond acceptors (Lipinski definition) is 6. The fourth-order valence-corrected chi connectivity index (χ4v) is 7.06. The zero-order chi connectivity index (χ0) is 27.5. The first-order valence-electron chi connectivity index (χ1n) is 13.5. The number of imide groups is 1. The van der Waals surface area contributed by atoms with Gasteiger partial charge in [-0.05, 0) is 19.2 Å². The van der Waals surface area contributed by atoms with Crippen LogP contribution in [0.2, 0.25) is 0 Å². The van der Waals surface area contributed by atoms with Gasteiger partial charge in [-0.2, -0.15) is 0 Å². The first kappa shape index (κ1) is 23.6. The Morgan fingerprint density at radius 2 is 1.38 bits per heavy atom. The molecule has 2 aromatic heterocycles. The summed E-state index contributed by atoms with van der Waals surface area (Å²) in [7, 11) is 1.99. The maximum Gasteiger partial charge on any atom is 0.259 e. The number of fused-ring (bicyclic) bond motifs is 9. The number of piperazine rings is 1. The highest BCUT2D eigenvalue weighted by Gasteiger charge is 2.49. The monoisotopic (exact) mass is 537 g/mol. The number of amides is 3. The molecule has 2 atom stereocenters. The molecule has 0 spiro atoms. The van der Waals surface area contributed by atoms with Crippen LogP contribution in [0.15, 0.2) is 48.5 Å². The second-order valence-electron chi connectivity index (χ2n) is 11.2. The van der Waals surface area contributed by atoms with Gasteiger partial charge in [0.15, 0.2) is 5.60 Å². The van der Waals surface area contributed by atoms with Gasteiger partial charge in [0, 0.05) is 58.8 Å². The van der Waals surface area contributed by atoms with E-state index in [0.29, 0.717) is 64.6 Å². The number of para-hydroxylation sites is 2. The second-order valence-corrected chi connectivity index (χ2v) is 11.2. The van der Waals surface area contributed by atoms with Crippen molar-refractivity contribution >= 4 is 61.3 Å². The molecule has 2 unspecified atom stereocenters. The summed E-state index contributed by atoms with van der Waals surface area (Å²) >= 11 is 0. The van der Waals surface area contributed by atoms with Crippen molar-refractivity contribution in [3.05, 3.63) is 59.7 Å². The first-order valence-corrected chi connectivity index (χ1v) is 13.5. The molecule has 0 saturated carbocycles. The highest BCUT2D eigenvalue weighted by atomic mass is 16.4. The number of nitrogens with one attached hydrogen (secondary N) is 1. The predicted molar refractivity (Wildman–Crippen MR) is 149 cm³/mol. The molecule has 0 radical (unpaired) electrons. The van der Waals surface area contributed by atoms with Gasteiger partial charge in [-0.25, -0.2) is 0 Å². The molecule has 3 amide bonds. The highest BCUT2D eigenvalue weighted by molar-refractivity contribution is 6.39. The minimum absolute atomic E-state index is 0.0645. The van der Waals surface area contributed by atoms with Crippen LogP contribution in [0.5, 0.6) is 0 Å². The molecule has 10 heteroatoms. The summed E-state index contributed by atoms with van der Waals surface area (Å²) in [5.41, 5.74) is 1.31. The van der Waals surface area contributed by atoms with Crippen LogP contribution in [-0.2, 0) is 17.9 Å². The third-order valence-corrected chi connectivity index (χ3v) is 9.06. The zero-order valence-electron chi connectivity index (χ0n) is 21.8. The summed E-state index contributed by atoms with van der Waals surface area (Å²) in [4.78, 5) is 44.4. The lowest BCUT2D eigenvalue weighted by Gasteiger charge is -2.41. The molecule has 5 heterocycles. The van der Waals surface area contributed by atoms with E-state index in [9.17, 15) is 24.6 Å². The molecule has 10 nitrogen and oxygen atoms in total. The van der Waals surface area contributed by atoms with Gasteiger partial charge in [-0.1, -0.05) is 36.4 Å². The molecular weight excluding hydrogens is 510 g/mol. The summed E-state index contributed by atoms with van der Waals surface area (Å²) < 4.78 is 3.75. The van der Waals surface area contributed by atoms with Crippen molar-refractivity contribution in [2.75, 3.05) is 33.2 Å². The number of rotatable bonds is 1. The fourth-order valence-electron chi connectivity index (χ4n) is 7.06. The minimum Gasteiger partial charge on any atom is -0.388 e. The van der Waals surface area contributed by atoms with Crippen LogP contribution in [0, 0.1) is 0 Å². The lowest BCUT2D eigenvalue weighted by atomic mass is 9.92. The molecule has 3 aliphatic heterocycles. The van der Waals surface area contributed by atoms with Crippen LogP contribution in [0.1, 0.15) is 20.7 Å². The summed E-state index contributed by atoms with van der Waals surface area (Å²) in [6.45, 7) is 2.00. The lowest BCUT2D eigenvalue weighted by Crippen LogP contribution is -2.62. The van der Waals surface area contributed by atoms with Crippen molar-refractivity contribution < 1.29 is 24.6 Å². The number of likely N-dealkylation sites (N-methyl/N-ethyl adjacent to an activating group) is 1. The fraction of sp³-hybridized carbons (Fsp3) is 0.300. The van der Waals surface area contributed by atoms with Gasteiger partial charge in [0.05, 0.1) is 35.2 Å². The van der Waals surface area contributed by atoms with Gasteiger partial charge in [-0.15, -0.1) is 0 Å². The van der Waals surface area contributed by atoms with E-state index in [1.807, 2.05) is 64.7 Å². The molecule has 5 aromatic rings. The number of nitrogens with zero attached hydrogens (tertiary/aromatic N) is 4. The van der Waals surface area contributed by atoms with E-state index in [1.165, 1.54) is 0 Å². The van der Waals surface area contributed by atoms with Crippen LogP contribution in [0.25, 0.3) is 43.6 Å². The predicted octanol–water partition coefficient (Wildman–Crippen LogP) is 1.67. The van der Waals surface area contributed by atoms with Gasteiger partial charge in [0.2, 0.25) is 0 Å². The number of carbonyl (C=O) groups is 3. The van der Waals surface area contributed by atoms with Crippen LogP contribution in [0.4, 0.5) is 0 Å². The quantitative estimate of drug-likeness (QED) is 0.280. The van der Waals surface area contributed by atoms with Crippen LogP contribution in [-0.4, -0.2) is 91.8 Å². The maximum absolute atomic E-state index is 14.0. The molecule has 40 heavy (non-hydrogen) atoms. The van der Waals surface area contributed by atoms with E-state index in [1.54, 1.807) is 4.90 Å². The highest BCUT2D eigenvalue weighted by Crippen LogP contribution is 2.46. The van der Waals surface area contributed by atoms with Crippen molar-refractivity contribution in [1.82, 2.24) is 24.3 Å². The van der Waals surface area contributed by atoms with Crippen LogP contribution in [0.3, 0.4) is 0 Å². The van der Waals surface area contributed by atoms with E-state index in [-0.39, 0.29) is 13.1 Å². The number of aliphatic hydroxyl groups is 2. The number of aromatic nitrogens is 2. The Morgan fingerprint density at radius 3 is 1.98 bits per heavy atom. The van der Waals surface area contributed by atoms with E-state index in [0.717, 1.165) is 16.3 Å². The van der Waals surface area contributed by atoms with Crippen molar-refractivity contribution in [3.8, 4) is 0 Å². The smallest absolute Gasteiger partial charge is 0.259 e. The molecule has 3 aromatic carbocycles. The SMILES string of the molecule is CN1CCN(C(=O)C2(O)Cn3c4ccccc4c4c5c(c6c7ccccc7n(c6c43)CC2O)C(=O)NC5=O)CC1. The number of aliphatic hydroxyl groups excluding tert-OH is 1. The van der Waals surface area contributed by atoms with Crippen molar-refractivity contribution in [2.45, 2.75) is 24.8 Å². The second kappa shape index (κ2) is 7.91. The first-order chi connectivity index (χ1) is 19.3. The number of hydrogen-bond donors (Lipinski definition) is 3. The van der Waals surface area contributed by atoms with Gasteiger partial charge >= 0.3 is 0 Å². The van der Waals surface area contributed by atoms with E-state index >= 15 is 0 Å². The Bertz CT molecular complexity index is 1960. The van der Waals surface area contributed by atoms with Crippen molar-refractivity contribution in [3.63, 3.8) is 0 Å². The average molecular weight is 538 g/mol. The Morgan fingerprint density at radius 1 is 0.850 bits per heavy atom. The molecule has 3 aliphatic rings. The van der Waals surface area contributed by atoms with Crippen LogP contribution >= 0.6 is 0 Å². The minimum atomic E-state index is -2.13. The van der Waals surface area contributed by atoms with Gasteiger partial charge in [0.25, 0.3) is 17.7 Å². The third-order valence-electron chi connectivity index (χ3n) is 9.06. The Labute approximate surface area is 228 Å². The van der Waals surface area contributed by atoms with Crippen LogP contribution < -0.4 is 5.32 Å². The largest absolute Gasteiger partial charge is 0.388 e. The zero-order valence-corrected chi connectivity index (χ0v) is 21.8. The molecular formula is C30H27N5O5. The molecule has 202 valence electrons. The molecule has 0 bridgehead atoms. The third kappa shape index (κ3) is 2.85. The summed E-state index contributed by atoms with van der Waals surface area (Å²) in [6.07, 6.45) is -1.44. The Kier molecular flexibility index (Phi) is 4.67. The number of benzene rings is 3. The molecule has 1 fully saturated rings. The van der Waals surface area contributed by atoms with E-state index in [2.05, 4.69) is 10.2 Å². The summed E-state index contributed by atoms with van der Waals surface area (Å²) in [5, 5.41) is 29.2. The maximum atomic E-state index is 14.0. The molecule has 0 aliphatic carbocycles. The lowest BCUT2D eigenvalue weighted by molar-refractivity contribution is -0.169. The van der Waals surface area contributed by atoms with Gasteiger partial charge < -0.3 is 29.1 Å². The van der Waals surface area contributed by atoms with Crippen molar-refractivity contribution in [1.29, 1.82) is 0 Å². The normalized spacial score (nSPS) is 23.4. The molecule has 8 rings (SSSR count). The standard InChI is InChI=1S/C30H27N5O5/c1-32-10-12-33(13-11-32)29(39)30(40)15-35-19-9-5-3-7-17(19)22-24-23(27(37)31-28(24)38)21-16-6-2-4-8-18(16)34(14-20(30)36)25(21)26(22)35/h2-9,20,36,40H,10-15H2,1H3,(H,31,37,38). The Hall–Kier alpha value is -4.25. The summed E-state index contributed by atoms with van der Waals surface area (Å²) in [6, 6.07) is 15.0. The van der Waals surface area contributed by atoms with E-state index < -0.39 is 29.4 Å². The molecule has 3 N–H and O–H groups in total. The topological polar surface area (TPSA) is 120 Å². The van der Waals surface area contributed by atoms with Crippen molar-refractivity contribution in [2.24, 2.45) is 0 Å². The average Bonchev–Trinajstić information content (AvgIpc) is 3.55. The van der Waals surface area contributed by atoms with Gasteiger partial charge in [0.1, 0.15) is 6.10 Å². The van der Waals surface area contributed by atoms with E-state index in [4.69, 9.17) is 0 Å². The van der Waals surface area contributed by atoms with Gasteiger partial charge in [-0.3, -0.25) is 19.7 Å². The molecule has 1 saturated heterocycles. The summed E-state index contributed by atoms with van der Waals surface area (Å²) in [5.74, 6) is -1.43. The Balaban J connectivity index is 1.52. The number of carbonyl (C=O) groups excluding carboxylic acids is 3.